The molecular formula is C16H23ClF3N3O2. The third kappa shape index (κ3) is 8.22. The summed E-state index contributed by atoms with van der Waals surface area (Å²) in [5.41, 5.74) is 6.05. The summed E-state index contributed by atoms with van der Waals surface area (Å²) in [7, 11) is 0. The van der Waals surface area contributed by atoms with Crippen LogP contribution in [0.3, 0.4) is 0 Å². The first kappa shape index (κ1) is 23.2. The number of benzene rings is 1. The second kappa shape index (κ2) is 10.2. The molecule has 0 radical (unpaired) electrons. The van der Waals surface area contributed by atoms with E-state index >= 15 is 0 Å². The van der Waals surface area contributed by atoms with E-state index in [1.54, 1.807) is 44.2 Å². The fourth-order valence-corrected chi connectivity index (χ4v) is 1.93. The first-order chi connectivity index (χ1) is 11.1. The van der Waals surface area contributed by atoms with E-state index in [2.05, 4.69) is 5.32 Å². The Morgan fingerprint density at radius 1 is 1.16 bits per heavy atom. The molecule has 1 aromatic rings. The molecule has 0 heterocycles. The van der Waals surface area contributed by atoms with Crippen LogP contribution in [0.2, 0.25) is 0 Å². The van der Waals surface area contributed by atoms with E-state index in [1.165, 1.54) is 0 Å². The van der Waals surface area contributed by atoms with Crippen LogP contribution in [0.5, 0.6) is 0 Å². The number of carbonyl (C=O) groups excluding carboxylic acids is 2. The number of hydrogen-bond donors (Lipinski definition) is 3. The second-order valence-corrected chi connectivity index (χ2v) is 5.84. The highest BCUT2D eigenvalue weighted by molar-refractivity contribution is 5.87. The topological polar surface area (TPSA) is 84.2 Å². The summed E-state index contributed by atoms with van der Waals surface area (Å²) in [4.78, 5) is 23.3. The molecule has 0 saturated heterocycles. The van der Waals surface area contributed by atoms with Crippen molar-refractivity contribution in [1.82, 2.24) is 10.6 Å². The number of alkyl halides is 3. The number of rotatable bonds is 7. The molecule has 1 aromatic carbocycles. The zero-order valence-electron chi connectivity index (χ0n) is 14.0. The van der Waals surface area contributed by atoms with Crippen LogP contribution in [0.15, 0.2) is 30.3 Å². The Kier molecular flexibility index (Phi) is 9.51. The summed E-state index contributed by atoms with van der Waals surface area (Å²) in [6.45, 7) is 2.90. The number of nitrogens with one attached hydrogen (secondary N) is 2. The molecule has 1 unspecified atom stereocenters. The molecule has 142 valence electrons. The lowest BCUT2D eigenvalue weighted by atomic mass is 10.0. The Balaban J connectivity index is 0.00000576. The van der Waals surface area contributed by atoms with Crippen molar-refractivity contribution >= 4 is 24.2 Å². The lowest BCUT2D eigenvalue weighted by molar-refractivity contribution is -0.161. The van der Waals surface area contributed by atoms with E-state index < -0.39 is 36.6 Å². The normalized spacial score (nSPS) is 13.6. The second-order valence-electron chi connectivity index (χ2n) is 5.84. The molecule has 9 heteroatoms. The zero-order valence-corrected chi connectivity index (χ0v) is 14.8. The minimum Gasteiger partial charge on any atom is -0.346 e. The van der Waals surface area contributed by atoms with Crippen LogP contribution in [0.25, 0.3) is 0 Å². The van der Waals surface area contributed by atoms with Gasteiger partial charge in [-0.15, -0.1) is 12.4 Å². The minimum atomic E-state index is -4.59. The Hall–Kier alpha value is -1.80. The largest absolute Gasteiger partial charge is 0.408 e. The van der Waals surface area contributed by atoms with E-state index in [9.17, 15) is 22.8 Å². The standard InChI is InChI=1S/C16H22F3N3O2.ClH/c1-10(2)14(20)15(24)21-9-13(23)22-12(16(17,18)19)8-11-6-4-3-5-7-11;/h3-7,10,12,14H,8-9,20H2,1-2H3,(H,21,24)(H,22,23);1H/t12?,14-;/m0./s1. The van der Waals surface area contributed by atoms with Gasteiger partial charge in [-0.1, -0.05) is 44.2 Å². The van der Waals surface area contributed by atoms with Crippen molar-refractivity contribution in [3.05, 3.63) is 35.9 Å². The third-order valence-electron chi connectivity index (χ3n) is 3.46. The van der Waals surface area contributed by atoms with Gasteiger partial charge in [0.05, 0.1) is 12.6 Å². The predicted octanol–water partition coefficient (Wildman–Crippen LogP) is 1.80. The van der Waals surface area contributed by atoms with E-state index in [1.807, 2.05) is 5.32 Å². The van der Waals surface area contributed by atoms with Crippen molar-refractivity contribution in [3.63, 3.8) is 0 Å². The van der Waals surface area contributed by atoms with E-state index in [0.29, 0.717) is 5.56 Å². The molecule has 0 aromatic heterocycles. The average Bonchev–Trinajstić information content (AvgIpc) is 2.51. The van der Waals surface area contributed by atoms with Gasteiger partial charge in [0.25, 0.3) is 0 Å². The van der Waals surface area contributed by atoms with Crippen molar-refractivity contribution in [2.24, 2.45) is 11.7 Å². The van der Waals surface area contributed by atoms with Crippen molar-refractivity contribution in [2.45, 2.75) is 38.5 Å². The molecule has 1 rings (SSSR count). The van der Waals surface area contributed by atoms with Crippen LogP contribution in [-0.4, -0.2) is 36.6 Å². The van der Waals surface area contributed by atoms with Crippen LogP contribution >= 0.6 is 12.4 Å². The molecular weight excluding hydrogens is 359 g/mol. The molecule has 0 saturated carbocycles. The summed E-state index contributed by atoms with van der Waals surface area (Å²) < 4.78 is 39.2. The van der Waals surface area contributed by atoms with Gasteiger partial charge in [-0.25, -0.2) is 0 Å². The smallest absolute Gasteiger partial charge is 0.346 e. The van der Waals surface area contributed by atoms with Gasteiger partial charge in [-0.05, 0) is 11.5 Å². The SMILES string of the molecule is CC(C)[C@H](N)C(=O)NCC(=O)NC(Cc1ccccc1)C(F)(F)F.Cl. The summed E-state index contributed by atoms with van der Waals surface area (Å²) in [5.74, 6) is -1.64. The van der Waals surface area contributed by atoms with Gasteiger partial charge < -0.3 is 16.4 Å². The maximum atomic E-state index is 13.1. The maximum Gasteiger partial charge on any atom is 0.408 e. The first-order valence-electron chi connectivity index (χ1n) is 7.54. The van der Waals surface area contributed by atoms with Crippen LogP contribution in [-0.2, 0) is 16.0 Å². The lowest BCUT2D eigenvalue weighted by Crippen LogP contribution is -2.52. The number of hydrogen-bond acceptors (Lipinski definition) is 3. The van der Waals surface area contributed by atoms with Crippen molar-refractivity contribution in [3.8, 4) is 0 Å². The van der Waals surface area contributed by atoms with Gasteiger partial charge in [0.2, 0.25) is 11.8 Å². The van der Waals surface area contributed by atoms with Crippen LogP contribution in [0, 0.1) is 5.92 Å². The van der Waals surface area contributed by atoms with Gasteiger partial charge in [0, 0.05) is 6.42 Å². The Labute approximate surface area is 150 Å². The zero-order chi connectivity index (χ0) is 18.3. The minimum absolute atomic E-state index is 0. The van der Waals surface area contributed by atoms with Gasteiger partial charge >= 0.3 is 6.18 Å². The fourth-order valence-electron chi connectivity index (χ4n) is 1.93. The highest BCUT2D eigenvalue weighted by atomic mass is 35.5. The van der Waals surface area contributed by atoms with E-state index in [4.69, 9.17) is 5.73 Å². The fraction of sp³-hybridized carbons (Fsp3) is 0.500. The van der Waals surface area contributed by atoms with Gasteiger partial charge in [-0.2, -0.15) is 13.2 Å². The Morgan fingerprint density at radius 2 is 1.72 bits per heavy atom. The van der Waals surface area contributed by atoms with Crippen LogP contribution in [0.1, 0.15) is 19.4 Å². The third-order valence-corrected chi connectivity index (χ3v) is 3.46. The molecule has 2 amide bonds. The number of halogens is 4. The molecule has 0 fully saturated rings. The Bertz CT molecular complexity index is 553. The quantitative estimate of drug-likeness (QED) is 0.673. The summed E-state index contributed by atoms with van der Waals surface area (Å²) in [5, 5.41) is 4.15. The van der Waals surface area contributed by atoms with E-state index in [-0.39, 0.29) is 24.7 Å². The highest BCUT2D eigenvalue weighted by Crippen LogP contribution is 2.23. The van der Waals surface area contributed by atoms with Crippen molar-refractivity contribution < 1.29 is 22.8 Å². The monoisotopic (exact) mass is 381 g/mol. The Morgan fingerprint density at radius 3 is 2.20 bits per heavy atom. The van der Waals surface area contributed by atoms with Crippen molar-refractivity contribution in [2.75, 3.05) is 6.54 Å². The molecule has 25 heavy (non-hydrogen) atoms. The van der Waals surface area contributed by atoms with Crippen LogP contribution in [0.4, 0.5) is 13.2 Å². The average molecular weight is 382 g/mol. The molecule has 5 nitrogen and oxygen atoms in total. The molecule has 0 aliphatic rings. The molecule has 0 spiro atoms. The van der Waals surface area contributed by atoms with E-state index in [0.717, 1.165) is 0 Å². The number of carbonyl (C=O) groups is 2. The lowest BCUT2D eigenvalue weighted by Gasteiger charge is -2.22. The predicted molar refractivity (Wildman–Crippen MR) is 91.2 cm³/mol. The highest BCUT2D eigenvalue weighted by Gasteiger charge is 2.40. The van der Waals surface area contributed by atoms with Gasteiger partial charge in [0.15, 0.2) is 0 Å². The molecule has 0 aliphatic heterocycles. The summed E-state index contributed by atoms with van der Waals surface area (Å²) in [6, 6.07) is 5.19. The molecule has 4 N–H and O–H groups in total. The van der Waals surface area contributed by atoms with Crippen LogP contribution < -0.4 is 16.4 Å². The first-order valence-corrected chi connectivity index (χ1v) is 7.54. The summed E-state index contributed by atoms with van der Waals surface area (Å²) >= 11 is 0. The van der Waals surface area contributed by atoms with Gasteiger partial charge in [0.1, 0.15) is 6.04 Å². The maximum absolute atomic E-state index is 13.1. The molecule has 0 bridgehead atoms. The van der Waals surface area contributed by atoms with Gasteiger partial charge in [-0.3, -0.25) is 9.59 Å². The molecule has 2 atom stereocenters. The molecule has 0 aliphatic carbocycles. The number of nitrogens with two attached hydrogens (primary N) is 1. The summed E-state index contributed by atoms with van der Waals surface area (Å²) in [6.07, 6.45) is -4.97. The number of amides is 2. The van der Waals surface area contributed by atoms with Crippen molar-refractivity contribution in [1.29, 1.82) is 0 Å².